The van der Waals surface area contributed by atoms with E-state index in [2.05, 4.69) is 10.1 Å². The molecule has 3 aromatic carbocycles. The highest BCUT2D eigenvalue weighted by atomic mass is 16.5. The molecule has 0 radical (unpaired) electrons. The number of nitrogens with two attached hydrogens (primary N) is 2. The maximum atomic E-state index is 12.7. The predicted octanol–water partition coefficient (Wildman–Crippen LogP) is 3.72. The summed E-state index contributed by atoms with van der Waals surface area (Å²) in [5, 5.41) is 3.01. The number of anilines is 3. The third kappa shape index (κ3) is 6.80. The van der Waals surface area contributed by atoms with E-state index in [9.17, 15) is 14.4 Å². The van der Waals surface area contributed by atoms with Crippen LogP contribution in [0, 0.1) is 6.92 Å². The van der Waals surface area contributed by atoms with Gasteiger partial charge >= 0.3 is 12.0 Å². The molecule has 3 rings (SSSR count). The van der Waals surface area contributed by atoms with E-state index in [4.69, 9.17) is 20.9 Å². The molecule has 5 N–H and O–H groups in total. The van der Waals surface area contributed by atoms with E-state index in [0.29, 0.717) is 34.0 Å². The third-order valence-corrected chi connectivity index (χ3v) is 5.78. The van der Waals surface area contributed by atoms with Crippen molar-refractivity contribution in [3.63, 3.8) is 0 Å². The van der Waals surface area contributed by atoms with Crippen molar-refractivity contribution in [1.82, 2.24) is 5.32 Å². The quantitative estimate of drug-likeness (QED) is 0.197. The number of hydrogen-bond donors (Lipinski definition) is 3. The number of nitrogens with one attached hydrogen (secondary N) is 1. The van der Waals surface area contributed by atoms with E-state index in [0.717, 1.165) is 5.56 Å². The van der Waals surface area contributed by atoms with Gasteiger partial charge in [0.05, 0.1) is 43.4 Å². The Balaban J connectivity index is 1.64. The number of rotatable bonds is 11. The van der Waals surface area contributed by atoms with Crippen LogP contribution in [0.5, 0.6) is 11.5 Å². The fourth-order valence-corrected chi connectivity index (χ4v) is 3.88. The van der Waals surface area contributed by atoms with Gasteiger partial charge in [0, 0.05) is 6.42 Å². The van der Waals surface area contributed by atoms with Gasteiger partial charge in [-0.3, -0.25) is 15.0 Å². The van der Waals surface area contributed by atoms with Crippen LogP contribution in [0.2, 0.25) is 0 Å². The minimum atomic E-state index is -0.653. The number of nitrogen functional groups attached to an aromatic ring is 1. The molecule has 0 aromatic heterocycles. The molecule has 0 spiro atoms. The summed E-state index contributed by atoms with van der Waals surface area (Å²) in [6, 6.07) is 16.5. The first-order valence-corrected chi connectivity index (χ1v) is 11.9. The van der Waals surface area contributed by atoms with Crippen molar-refractivity contribution in [2.24, 2.45) is 5.73 Å². The summed E-state index contributed by atoms with van der Waals surface area (Å²) in [5.41, 5.74) is 15.0. The molecule has 1 atom stereocenters. The molecule has 10 heteroatoms. The Hall–Kier alpha value is -4.57. The number of urea groups is 1. The third-order valence-electron chi connectivity index (χ3n) is 5.78. The largest absolute Gasteiger partial charge is 0.495 e. The number of amides is 2. The standard InChI is InChI=1S/C28H32N4O6/c1-17-7-5-6-8-23(17)32(28(30)35)24-11-9-19(14-26(24)36-3)13-21(33)16-31-18(2)38-25-12-10-20(15-22(25)29)27(34)37-4/h5-12,14-15,18,31H,13,16,29H2,1-4H3,(H2,30,35). The van der Waals surface area contributed by atoms with Gasteiger partial charge < -0.3 is 25.7 Å². The van der Waals surface area contributed by atoms with Crippen molar-refractivity contribution >= 4 is 34.8 Å². The van der Waals surface area contributed by atoms with Gasteiger partial charge in [0.1, 0.15) is 17.7 Å². The molecule has 0 aliphatic heterocycles. The molecule has 0 aliphatic rings. The fourth-order valence-electron chi connectivity index (χ4n) is 3.88. The van der Waals surface area contributed by atoms with Crippen LogP contribution in [0.25, 0.3) is 0 Å². The minimum Gasteiger partial charge on any atom is -0.495 e. The smallest absolute Gasteiger partial charge is 0.337 e. The van der Waals surface area contributed by atoms with E-state index in [-0.39, 0.29) is 24.4 Å². The highest BCUT2D eigenvalue weighted by molar-refractivity contribution is 6.00. The number of hydrogen-bond acceptors (Lipinski definition) is 8. The molecule has 1 unspecified atom stereocenters. The average Bonchev–Trinajstić information content (AvgIpc) is 2.89. The number of methoxy groups -OCH3 is 2. The number of esters is 1. The van der Waals surface area contributed by atoms with E-state index >= 15 is 0 Å². The first kappa shape index (κ1) is 28.0. The van der Waals surface area contributed by atoms with Crippen molar-refractivity contribution < 1.29 is 28.6 Å². The van der Waals surface area contributed by atoms with Crippen LogP contribution in [0.15, 0.2) is 60.7 Å². The Bertz CT molecular complexity index is 1330. The number of para-hydroxylation sites is 1. The van der Waals surface area contributed by atoms with E-state index < -0.39 is 18.2 Å². The maximum Gasteiger partial charge on any atom is 0.337 e. The summed E-state index contributed by atoms with van der Waals surface area (Å²) in [7, 11) is 2.78. The SMILES string of the molecule is COC(=O)c1ccc(OC(C)NCC(=O)Cc2ccc(N(C(N)=O)c3ccccc3C)c(OC)c2)c(N)c1. The highest BCUT2D eigenvalue weighted by Gasteiger charge is 2.21. The molecule has 0 aliphatic carbocycles. The van der Waals surface area contributed by atoms with Gasteiger partial charge in [-0.25, -0.2) is 9.59 Å². The monoisotopic (exact) mass is 520 g/mol. The molecule has 0 saturated carbocycles. The Morgan fingerprint density at radius 1 is 0.974 bits per heavy atom. The first-order valence-electron chi connectivity index (χ1n) is 11.9. The van der Waals surface area contributed by atoms with Crippen molar-refractivity contribution in [1.29, 1.82) is 0 Å². The molecule has 0 saturated heterocycles. The van der Waals surface area contributed by atoms with Gasteiger partial charge in [-0.1, -0.05) is 24.3 Å². The van der Waals surface area contributed by atoms with E-state index in [1.165, 1.54) is 25.2 Å². The first-order chi connectivity index (χ1) is 18.1. The van der Waals surface area contributed by atoms with Crippen molar-refractivity contribution in [3.05, 3.63) is 77.4 Å². The van der Waals surface area contributed by atoms with Crippen LogP contribution < -0.4 is 31.2 Å². The zero-order chi connectivity index (χ0) is 27.8. The number of benzene rings is 3. The van der Waals surface area contributed by atoms with Gasteiger partial charge in [0.15, 0.2) is 5.78 Å². The van der Waals surface area contributed by atoms with Gasteiger partial charge in [-0.15, -0.1) is 0 Å². The zero-order valence-electron chi connectivity index (χ0n) is 21.8. The number of Topliss-reactive ketones (excluding diaryl/α,β-unsaturated/α-hetero) is 1. The number of primary amides is 1. The number of aryl methyl sites for hydroxylation is 1. The van der Waals surface area contributed by atoms with Gasteiger partial charge in [-0.2, -0.15) is 0 Å². The summed E-state index contributed by atoms with van der Waals surface area (Å²) >= 11 is 0. The normalized spacial score (nSPS) is 11.4. The maximum absolute atomic E-state index is 12.7. The van der Waals surface area contributed by atoms with Crippen LogP contribution >= 0.6 is 0 Å². The highest BCUT2D eigenvalue weighted by Crippen LogP contribution is 2.36. The topological polar surface area (TPSA) is 146 Å². The Kier molecular flexibility index (Phi) is 9.28. The number of ether oxygens (including phenoxy) is 3. The lowest BCUT2D eigenvalue weighted by Gasteiger charge is -2.24. The molecule has 0 heterocycles. The van der Waals surface area contributed by atoms with Gasteiger partial charge in [-0.05, 0) is 61.4 Å². The minimum absolute atomic E-state index is 0.0437. The Morgan fingerprint density at radius 2 is 1.71 bits per heavy atom. The number of carbonyl (C=O) groups is 3. The molecule has 3 aromatic rings. The van der Waals surface area contributed by atoms with Gasteiger partial charge in [0.25, 0.3) is 0 Å². The number of ketones is 1. The van der Waals surface area contributed by atoms with Gasteiger partial charge in [0.2, 0.25) is 0 Å². The van der Waals surface area contributed by atoms with E-state index in [1.807, 2.05) is 25.1 Å². The van der Waals surface area contributed by atoms with Crippen LogP contribution in [0.4, 0.5) is 21.9 Å². The molecule has 10 nitrogen and oxygen atoms in total. The zero-order valence-corrected chi connectivity index (χ0v) is 21.8. The molecule has 0 bridgehead atoms. The Labute approximate surface area is 221 Å². The average molecular weight is 521 g/mol. The lowest BCUT2D eigenvalue weighted by molar-refractivity contribution is -0.118. The molecule has 38 heavy (non-hydrogen) atoms. The number of nitrogens with zero attached hydrogens (tertiary/aromatic N) is 1. The van der Waals surface area contributed by atoms with Crippen molar-refractivity contribution in [2.45, 2.75) is 26.5 Å². The Morgan fingerprint density at radius 3 is 2.34 bits per heavy atom. The lowest BCUT2D eigenvalue weighted by atomic mass is 10.1. The summed E-state index contributed by atoms with van der Waals surface area (Å²) < 4.78 is 16.0. The van der Waals surface area contributed by atoms with Crippen LogP contribution in [0.1, 0.15) is 28.4 Å². The van der Waals surface area contributed by atoms with Crippen LogP contribution in [-0.4, -0.2) is 44.8 Å². The fraction of sp³-hybridized carbons (Fsp3) is 0.250. The van der Waals surface area contributed by atoms with Crippen LogP contribution in [-0.2, 0) is 16.0 Å². The molecule has 200 valence electrons. The van der Waals surface area contributed by atoms with E-state index in [1.54, 1.807) is 43.3 Å². The summed E-state index contributed by atoms with van der Waals surface area (Å²) in [6.07, 6.45) is -0.395. The second-order valence-corrected chi connectivity index (χ2v) is 8.57. The summed E-state index contributed by atoms with van der Waals surface area (Å²) in [4.78, 5) is 38.0. The summed E-state index contributed by atoms with van der Waals surface area (Å²) in [6.45, 7) is 3.67. The number of carbonyl (C=O) groups excluding carboxylic acids is 3. The van der Waals surface area contributed by atoms with Crippen molar-refractivity contribution in [3.8, 4) is 11.5 Å². The lowest BCUT2D eigenvalue weighted by Crippen LogP contribution is -2.36. The molecular weight excluding hydrogens is 488 g/mol. The summed E-state index contributed by atoms with van der Waals surface area (Å²) in [5.74, 6) is 0.197. The van der Waals surface area contributed by atoms with Crippen LogP contribution in [0.3, 0.4) is 0 Å². The molecule has 2 amide bonds. The second kappa shape index (κ2) is 12.6. The van der Waals surface area contributed by atoms with Crippen molar-refractivity contribution in [2.75, 3.05) is 31.4 Å². The molecule has 0 fully saturated rings. The second-order valence-electron chi connectivity index (χ2n) is 8.57. The predicted molar refractivity (Wildman–Crippen MR) is 145 cm³/mol. The molecular formula is C28H32N4O6.